The van der Waals surface area contributed by atoms with Crippen molar-refractivity contribution in [3.05, 3.63) is 36.0 Å². The van der Waals surface area contributed by atoms with Gasteiger partial charge in [-0.2, -0.15) is 0 Å². The van der Waals surface area contributed by atoms with Gasteiger partial charge in [0.05, 0.1) is 5.56 Å². The number of aromatic carboxylic acids is 1. The van der Waals surface area contributed by atoms with Gasteiger partial charge in [-0.05, 0) is 24.3 Å². The maximum Gasteiger partial charge on any atom is 0.337 e. The Hall–Kier alpha value is -2.50. The summed E-state index contributed by atoms with van der Waals surface area (Å²) in [5.74, 6) is 0.136. The second-order valence-corrected chi connectivity index (χ2v) is 5.20. The molecule has 1 saturated heterocycles. The fraction of sp³-hybridized carbons (Fsp3) is 0.333. The van der Waals surface area contributed by atoms with Crippen LogP contribution in [0.5, 0.6) is 0 Å². The largest absolute Gasteiger partial charge is 0.478 e. The van der Waals surface area contributed by atoms with E-state index in [-0.39, 0.29) is 11.5 Å². The van der Waals surface area contributed by atoms with Gasteiger partial charge in [0.1, 0.15) is 5.82 Å². The van der Waals surface area contributed by atoms with Gasteiger partial charge in [-0.1, -0.05) is 0 Å². The number of aromatic nitrogens is 1. The van der Waals surface area contributed by atoms with Crippen molar-refractivity contribution in [3.8, 4) is 0 Å². The Labute approximate surface area is 122 Å². The number of hydrogen-bond acceptors (Lipinski definition) is 3. The second kappa shape index (κ2) is 5.12. The van der Waals surface area contributed by atoms with Gasteiger partial charge in [0.25, 0.3) is 0 Å². The molecule has 1 amide bonds. The first kappa shape index (κ1) is 13.5. The van der Waals surface area contributed by atoms with E-state index in [0.29, 0.717) is 13.1 Å². The molecule has 1 N–H and O–H groups in total. The first-order valence-corrected chi connectivity index (χ1v) is 6.91. The van der Waals surface area contributed by atoms with E-state index in [1.807, 2.05) is 21.4 Å². The summed E-state index contributed by atoms with van der Waals surface area (Å²) in [5.41, 5.74) is 1.23. The highest BCUT2D eigenvalue weighted by atomic mass is 16.4. The van der Waals surface area contributed by atoms with Gasteiger partial charge in [-0.25, -0.2) is 4.79 Å². The lowest BCUT2D eigenvalue weighted by Gasteiger charge is -2.35. The molecule has 2 aromatic rings. The smallest absolute Gasteiger partial charge is 0.337 e. The number of carbonyl (C=O) groups is 2. The van der Waals surface area contributed by atoms with Gasteiger partial charge in [0, 0.05) is 44.8 Å². The lowest BCUT2D eigenvalue weighted by molar-refractivity contribution is -0.129. The van der Waals surface area contributed by atoms with Gasteiger partial charge in [-0.3, -0.25) is 4.79 Å². The van der Waals surface area contributed by atoms with Gasteiger partial charge < -0.3 is 19.3 Å². The van der Waals surface area contributed by atoms with E-state index in [1.54, 1.807) is 25.3 Å². The minimum atomic E-state index is -0.932. The van der Waals surface area contributed by atoms with Crippen molar-refractivity contribution in [1.82, 2.24) is 9.30 Å². The van der Waals surface area contributed by atoms with E-state index in [2.05, 4.69) is 4.90 Å². The molecule has 110 valence electrons. The van der Waals surface area contributed by atoms with Crippen LogP contribution in [0.4, 0.5) is 5.82 Å². The summed E-state index contributed by atoms with van der Waals surface area (Å²) in [7, 11) is 0. The van der Waals surface area contributed by atoms with Crippen molar-refractivity contribution in [2.24, 2.45) is 0 Å². The van der Waals surface area contributed by atoms with E-state index in [9.17, 15) is 9.59 Å². The first-order valence-electron chi connectivity index (χ1n) is 6.91. The Bertz CT molecular complexity index is 699. The molecule has 0 saturated carbocycles. The van der Waals surface area contributed by atoms with Crippen LogP contribution in [0.3, 0.4) is 0 Å². The number of amides is 1. The average Bonchev–Trinajstić information content (AvgIpc) is 2.90. The van der Waals surface area contributed by atoms with Crippen molar-refractivity contribution < 1.29 is 14.7 Å². The number of hydrogen-bond donors (Lipinski definition) is 1. The quantitative estimate of drug-likeness (QED) is 0.904. The van der Waals surface area contributed by atoms with Crippen molar-refractivity contribution in [1.29, 1.82) is 0 Å². The van der Waals surface area contributed by atoms with Crippen LogP contribution in [0.25, 0.3) is 5.52 Å². The number of piperazine rings is 1. The lowest BCUT2D eigenvalue weighted by Crippen LogP contribution is -2.48. The van der Waals surface area contributed by atoms with Crippen LogP contribution in [-0.2, 0) is 4.79 Å². The SMILES string of the molecule is CC(=O)N1CCN(c2ccc3ccc(C(=O)O)cn23)CC1. The molecule has 0 bridgehead atoms. The molecule has 0 aliphatic carbocycles. The predicted molar refractivity (Wildman–Crippen MR) is 78.8 cm³/mol. The molecule has 1 aliphatic rings. The molecule has 6 heteroatoms. The Morgan fingerprint density at radius 1 is 1.05 bits per heavy atom. The van der Waals surface area contributed by atoms with Crippen LogP contribution in [0.15, 0.2) is 30.5 Å². The first-order chi connectivity index (χ1) is 10.1. The standard InChI is InChI=1S/C15H17N3O3/c1-11(19)16-6-8-17(9-7-16)14-5-4-13-3-2-12(15(20)21)10-18(13)14/h2-5,10H,6-9H2,1H3,(H,20,21). The van der Waals surface area contributed by atoms with Crippen LogP contribution in [0, 0.1) is 0 Å². The zero-order valence-electron chi connectivity index (χ0n) is 11.8. The predicted octanol–water partition coefficient (Wildman–Crippen LogP) is 1.31. The Balaban J connectivity index is 1.89. The summed E-state index contributed by atoms with van der Waals surface area (Å²) in [5, 5.41) is 9.11. The number of fused-ring (bicyclic) bond motifs is 1. The number of carboxylic acid groups (broad SMARTS) is 1. The molecule has 0 atom stereocenters. The summed E-state index contributed by atoms with van der Waals surface area (Å²) < 4.78 is 1.90. The van der Waals surface area contributed by atoms with Crippen molar-refractivity contribution >= 4 is 23.2 Å². The number of nitrogens with zero attached hydrogens (tertiary/aromatic N) is 3. The van der Waals surface area contributed by atoms with Gasteiger partial charge in [0.15, 0.2) is 0 Å². The molecule has 1 aliphatic heterocycles. The molecule has 0 unspecified atom stereocenters. The minimum Gasteiger partial charge on any atom is -0.478 e. The van der Waals surface area contributed by atoms with Crippen molar-refractivity contribution in [3.63, 3.8) is 0 Å². The summed E-state index contributed by atoms with van der Waals surface area (Å²) in [4.78, 5) is 26.5. The monoisotopic (exact) mass is 287 g/mol. The van der Waals surface area contributed by atoms with Gasteiger partial charge in [0.2, 0.25) is 5.91 Å². The highest BCUT2D eigenvalue weighted by Crippen LogP contribution is 2.21. The van der Waals surface area contributed by atoms with E-state index in [4.69, 9.17) is 5.11 Å². The fourth-order valence-corrected chi connectivity index (χ4v) is 2.72. The molecule has 0 radical (unpaired) electrons. The van der Waals surface area contributed by atoms with Crippen LogP contribution in [0.1, 0.15) is 17.3 Å². The van der Waals surface area contributed by atoms with Crippen LogP contribution < -0.4 is 4.90 Å². The normalized spacial score (nSPS) is 15.5. The van der Waals surface area contributed by atoms with Crippen molar-refractivity contribution in [2.75, 3.05) is 31.1 Å². The van der Waals surface area contributed by atoms with Crippen molar-refractivity contribution in [2.45, 2.75) is 6.92 Å². The zero-order chi connectivity index (χ0) is 15.0. The third kappa shape index (κ3) is 2.44. The molecule has 0 aromatic carbocycles. The maximum atomic E-state index is 11.4. The summed E-state index contributed by atoms with van der Waals surface area (Å²) >= 11 is 0. The average molecular weight is 287 g/mol. The molecular weight excluding hydrogens is 270 g/mol. The van der Waals surface area contributed by atoms with E-state index in [0.717, 1.165) is 24.4 Å². The lowest BCUT2D eigenvalue weighted by atomic mass is 10.3. The molecule has 6 nitrogen and oxygen atoms in total. The second-order valence-electron chi connectivity index (χ2n) is 5.20. The maximum absolute atomic E-state index is 11.4. The minimum absolute atomic E-state index is 0.0998. The van der Waals surface area contributed by atoms with E-state index in [1.165, 1.54) is 0 Å². The molecular formula is C15H17N3O3. The van der Waals surface area contributed by atoms with Crippen LogP contribution in [0.2, 0.25) is 0 Å². The van der Waals surface area contributed by atoms with Gasteiger partial charge >= 0.3 is 5.97 Å². The van der Waals surface area contributed by atoms with Gasteiger partial charge in [-0.15, -0.1) is 0 Å². The topological polar surface area (TPSA) is 65.3 Å². The highest BCUT2D eigenvalue weighted by Gasteiger charge is 2.20. The number of carboxylic acids is 1. The number of rotatable bonds is 2. The molecule has 0 spiro atoms. The third-order valence-corrected chi connectivity index (χ3v) is 3.93. The molecule has 3 heterocycles. The Morgan fingerprint density at radius 3 is 2.33 bits per heavy atom. The Morgan fingerprint density at radius 2 is 1.71 bits per heavy atom. The summed E-state index contributed by atoms with van der Waals surface area (Å²) in [6.07, 6.45) is 1.64. The Kier molecular flexibility index (Phi) is 3.29. The zero-order valence-corrected chi connectivity index (χ0v) is 11.8. The van der Waals surface area contributed by atoms with E-state index >= 15 is 0 Å². The summed E-state index contributed by atoms with van der Waals surface area (Å²) in [6, 6.07) is 7.37. The fourth-order valence-electron chi connectivity index (χ4n) is 2.72. The van der Waals surface area contributed by atoms with E-state index < -0.39 is 5.97 Å². The highest BCUT2D eigenvalue weighted by molar-refractivity contribution is 5.88. The molecule has 21 heavy (non-hydrogen) atoms. The molecule has 3 rings (SSSR count). The van der Waals surface area contributed by atoms with Crippen LogP contribution in [-0.4, -0.2) is 52.5 Å². The molecule has 2 aromatic heterocycles. The number of anilines is 1. The summed E-state index contributed by atoms with van der Waals surface area (Å²) in [6.45, 7) is 4.48. The number of carbonyl (C=O) groups excluding carboxylic acids is 1. The molecule has 1 fully saturated rings. The number of pyridine rings is 1. The van der Waals surface area contributed by atoms with Crippen LogP contribution >= 0.6 is 0 Å². The third-order valence-electron chi connectivity index (χ3n) is 3.93.